The largest absolute Gasteiger partial charge is 0.486 e. The summed E-state index contributed by atoms with van der Waals surface area (Å²) in [5.74, 6) is 0.400. The Balaban J connectivity index is 1.54. The molecule has 1 unspecified atom stereocenters. The van der Waals surface area contributed by atoms with E-state index < -0.39 is 17.4 Å². The molecule has 1 atom stereocenters. The Morgan fingerprint density at radius 1 is 1.11 bits per heavy atom. The number of carbonyl (C=O) groups excluding carboxylic acids is 3. The molecule has 1 aliphatic carbocycles. The molecule has 0 radical (unpaired) electrons. The lowest BCUT2D eigenvalue weighted by molar-refractivity contribution is -0.127. The number of methoxy groups -OCH3 is 1. The Morgan fingerprint density at radius 2 is 1.83 bits per heavy atom. The highest BCUT2D eigenvalue weighted by molar-refractivity contribution is 6.12. The van der Waals surface area contributed by atoms with Gasteiger partial charge in [-0.2, -0.15) is 5.10 Å². The number of hydrogen-bond acceptors (Lipinski definition) is 7. The van der Waals surface area contributed by atoms with Crippen molar-refractivity contribution in [3.8, 4) is 11.5 Å². The normalized spacial score (nSPS) is 25.6. The zero-order valence-corrected chi connectivity index (χ0v) is 20.2. The highest BCUT2D eigenvalue weighted by Crippen LogP contribution is 2.39. The van der Waals surface area contributed by atoms with Crippen LogP contribution in [0.25, 0.3) is 0 Å². The molecule has 1 N–H and O–H groups in total. The van der Waals surface area contributed by atoms with Gasteiger partial charge in [-0.1, -0.05) is 6.92 Å². The van der Waals surface area contributed by atoms with Gasteiger partial charge in [0.1, 0.15) is 24.4 Å². The van der Waals surface area contributed by atoms with Gasteiger partial charge in [0.2, 0.25) is 5.91 Å². The maximum absolute atomic E-state index is 13.8. The molecule has 1 saturated carbocycles. The summed E-state index contributed by atoms with van der Waals surface area (Å²) < 4.78 is 17.6. The van der Waals surface area contributed by atoms with Crippen molar-refractivity contribution in [1.29, 1.82) is 0 Å². The predicted octanol–water partition coefficient (Wildman–Crippen LogP) is 2.55. The molecule has 10 nitrogen and oxygen atoms in total. The summed E-state index contributed by atoms with van der Waals surface area (Å²) in [6.45, 7) is 4.88. The standard InChI is InChI=1S/C25H30N4O6/c1-15-4-6-16(7-5-15)26-24(32)25(2)14-28-19(13-18(27-28)23(31)33-3)22(30)29(25)17-8-9-20-21(12-17)35-11-10-34-20/h8-9,12-13,15-16H,4-7,10-11,14H2,1-3H3,(H,26,32). The number of nitrogens with one attached hydrogen (secondary N) is 1. The molecule has 2 aliphatic heterocycles. The monoisotopic (exact) mass is 482 g/mol. The lowest BCUT2D eigenvalue weighted by Crippen LogP contribution is -2.65. The van der Waals surface area contributed by atoms with E-state index in [2.05, 4.69) is 17.3 Å². The number of anilines is 1. The quantitative estimate of drug-likeness (QED) is 0.667. The second-order valence-electron chi connectivity index (χ2n) is 9.74. The van der Waals surface area contributed by atoms with Crippen LogP contribution >= 0.6 is 0 Å². The molecule has 2 amide bonds. The van der Waals surface area contributed by atoms with E-state index in [-0.39, 0.29) is 29.9 Å². The molecule has 1 fully saturated rings. The Kier molecular flexibility index (Phi) is 5.90. The van der Waals surface area contributed by atoms with E-state index in [1.54, 1.807) is 25.1 Å². The summed E-state index contributed by atoms with van der Waals surface area (Å²) in [5.41, 5.74) is -0.571. The van der Waals surface area contributed by atoms with Crippen LogP contribution in [-0.4, -0.2) is 59.5 Å². The number of hydrogen-bond donors (Lipinski definition) is 1. The van der Waals surface area contributed by atoms with Crippen LogP contribution in [-0.2, 0) is 16.1 Å². The van der Waals surface area contributed by atoms with Crippen LogP contribution in [0.2, 0.25) is 0 Å². The molecule has 2 aromatic rings. The maximum atomic E-state index is 13.8. The van der Waals surface area contributed by atoms with Gasteiger partial charge in [0.15, 0.2) is 17.2 Å². The molecule has 0 bridgehead atoms. The number of amides is 2. The molecule has 1 aromatic heterocycles. The minimum atomic E-state index is -1.30. The maximum Gasteiger partial charge on any atom is 0.358 e. The number of carbonyl (C=O) groups is 3. The number of benzene rings is 1. The van der Waals surface area contributed by atoms with Gasteiger partial charge in [0.05, 0.1) is 13.7 Å². The second kappa shape index (κ2) is 8.90. The van der Waals surface area contributed by atoms with Crippen LogP contribution < -0.4 is 19.7 Å². The highest BCUT2D eigenvalue weighted by Gasteiger charge is 2.50. The highest BCUT2D eigenvalue weighted by atomic mass is 16.6. The fraction of sp³-hybridized carbons (Fsp3) is 0.520. The van der Waals surface area contributed by atoms with Crippen molar-refractivity contribution < 1.29 is 28.6 Å². The zero-order chi connectivity index (χ0) is 24.7. The first-order chi connectivity index (χ1) is 16.8. The van der Waals surface area contributed by atoms with Crippen LogP contribution in [0.15, 0.2) is 24.3 Å². The van der Waals surface area contributed by atoms with E-state index in [0.717, 1.165) is 25.7 Å². The van der Waals surface area contributed by atoms with Gasteiger partial charge in [0.25, 0.3) is 5.91 Å². The number of fused-ring (bicyclic) bond motifs is 2. The van der Waals surface area contributed by atoms with Gasteiger partial charge in [-0.15, -0.1) is 0 Å². The van der Waals surface area contributed by atoms with Crippen molar-refractivity contribution in [2.24, 2.45) is 5.92 Å². The van der Waals surface area contributed by atoms with Crippen molar-refractivity contribution in [3.63, 3.8) is 0 Å². The van der Waals surface area contributed by atoms with Crippen LogP contribution in [0.1, 0.15) is 60.5 Å². The fourth-order valence-electron chi connectivity index (χ4n) is 5.11. The predicted molar refractivity (Wildman–Crippen MR) is 126 cm³/mol. The van der Waals surface area contributed by atoms with Gasteiger partial charge in [-0.3, -0.25) is 19.2 Å². The van der Waals surface area contributed by atoms with Gasteiger partial charge < -0.3 is 19.5 Å². The summed E-state index contributed by atoms with van der Waals surface area (Å²) in [6.07, 6.45) is 3.91. The summed E-state index contributed by atoms with van der Waals surface area (Å²) in [4.78, 5) is 41.2. The van der Waals surface area contributed by atoms with E-state index in [4.69, 9.17) is 14.2 Å². The third-order valence-corrected chi connectivity index (χ3v) is 7.17. The summed E-state index contributed by atoms with van der Waals surface area (Å²) in [6, 6.07) is 6.65. The molecule has 0 spiro atoms. The average Bonchev–Trinajstić information content (AvgIpc) is 3.29. The first-order valence-electron chi connectivity index (χ1n) is 12.0. The lowest BCUT2D eigenvalue weighted by atomic mass is 9.86. The minimum Gasteiger partial charge on any atom is -0.486 e. The number of nitrogens with zero attached hydrogens (tertiary/aromatic N) is 3. The molecule has 0 saturated heterocycles. The molecule has 1 aromatic carbocycles. The Morgan fingerprint density at radius 3 is 2.54 bits per heavy atom. The number of esters is 1. The molecule has 35 heavy (non-hydrogen) atoms. The molecular weight excluding hydrogens is 452 g/mol. The lowest BCUT2D eigenvalue weighted by Gasteiger charge is -2.44. The third kappa shape index (κ3) is 4.11. The Labute approximate surface area is 203 Å². The molecule has 186 valence electrons. The molecule has 10 heteroatoms. The van der Waals surface area contributed by atoms with Crippen LogP contribution in [0.5, 0.6) is 11.5 Å². The number of aromatic nitrogens is 2. The third-order valence-electron chi connectivity index (χ3n) is 7.17. The first-order valence-corrected chi connectivity index (χ1v) is 12.0. The minimum absolute atomic E-state index is 0.0175. The van der Waals surface area contributed by atoms with E-state index in [1.165, 1.54) is 22.8 Å². The van der Waals surface area contributed by atoms with Gasteiger partial charge >= 0.3 is 5.97 Å². The summed E-state index contributed by atoms with van der Waals surface area (Å²) in [7, 11) is 1.26. The van der Waals surface area contributed by atoms with Crippen LogP contribution in [0.3, 0.4) is 0 Å². The SMILES string of the molecule is COC(=O)c1cc2n(n1)CC(C)(C(=O)NC1CCC(C)CC1)N(c1ccc3c(c1)OCCO3)C2=O. The van der Waals surface area contributed by atoms with Gasteiger partial charge in [0, 0.05) is 23.9 Å². The van der Waals surface area contributed by atoms with E-state index in [0.29, 0.717) is 36.3 Å². The van der Waals surface area contributed by atoms with Crippen molar-refractivity contribution in [1.82, 2.24) is 15.1 Å². The molecule has 3 heterocycles. The summed E-state index contributed by atoms with van der Waals surface area (Å²) >= 11 is 0. The average molecular weight is 483 g/mol. The fourth-order valence-corrected chi connectivity index (χ4v) is 5.11. The van der Waals surface area contributed by atoms with Crippen LogP contribution in [0.4, 0.5) is 5.69 Å². The van der Waals surface area contributed by atoms with E-state index in [9.17, 15) is 14.4 Å². The first kappa shape index (κ1) is 23.2. The molecule has 5 rings (SSSR count). The van der Waals surface area contributed by atoms with Crippen LogP contribution in [0, 0.1) is 5.92 Å². The number of ether oxygens (including phenoxy) is 3. The smallest absolute Gasteiger partial charge is 0.358 e. The topological polar surface area (TPSA) is 112 Å². The van der Waals surface area contributed by atoms with Crippen molar-refractivity contribution in [2.75, 3.05) is 25.2 Å². The van der Waals surface area contributed by atoms with E-state index in [1.807, 2.05) is 0 Å². The molecular formula is C25H30N4O6. The van der Waals surface area contributed by atoms with E-state index >= 15 is 0 Å². The van der Waals surface area contributed by atoms with Gasteiger partial charge in [-0.25, -0.2) is 4.79 Å². The zero-order valence-electron chi connectivity index (χ0n) is 20.2. The Bertz CT molecular complexity index is 1170. The van der Waals surface area contributed by atoms with Gasteiger partial charge in [-0.05, 0) is 50.7 Å². The second-order valence-corrected chi connectivity index (χ2v) is 9.74. The molecule has 3 aliphatic rings. The number of rotatable bonds is 4. The summed E-state index contributed by atoms with van der Waals surface area (Å²) in [5, 5.41) is 7.46. The van der Waals surface area contributed by atoms with Crippen molar-refractivity contribution in [2.45, 2.75) is 57.7 Å². The van der Waals surface area contributed by atoms with Crippen molar-refractivity contribution in [3.05, 3.63) is 35.7 Å². The van der Waals surface area contributed by atoms with Crippen molar-refractivity contribution >= 4 is 23.5 Å². The Hall–Kier alpha value is -3.56.